The van der Waals surface area contributed by atoms with Crippen LogP contribution in [-0.2, 0) is 0 Å². The fourth-order valence-corrected chi connectivity index (χ4v) is 3.12. The van der Waals surface area contributed by atoms with E-state index in [-0.39, 0.29) is 0 Å². The van der Waals surface area contributed by atoms with Crippen molar-refractivity contribution in [1.82, 2.24) is 9.78 Å². The summed E-state index contributed by atoms with van der Waals surface area (Å²) in [5.41, 5.74) is 4.73. The van der Waals surface area contributed by atoms with E-state index >= 15 is 0 Å². The lowest BCUT2D eigenvalue weighted by Gasteiger charge is -2.07. The van der Waals surface area contributed by atoms with E-state index in [1.165, 1.54) is 0 Å². The van der Waals surface area contributed by atoms with E-state index in [0.29, 0.717) is 5.02 Å². The molecule has 3 aromatic carbocycles. The van der Waals surface area contributed by atoms with Gasteiger partial charge in [-0.15, -0.1) is 0 Å². The molecule has 0 amide bonds. The topological polar surface area (TPSA) is 17.8 Å². The molecule has 2 nitrogen and oxygen atoms in total. The van der Waals surface area contributed by atoms with Crippen molar-refractivity contribution in [3.05, 3.63) is 96.0 Å². The summed E-state index contributed by atoms with van der Waals surface area (Å²) in [7, 11) is 0. The van der Waals surface area contributed by atoms with Crippen molar-refractivity contribution >= 4 is 11.6 Å². The van der Waals surface area contributed by atoms with E-state index in [1.807, 2.05) is 83.5 Å². The molecule has 3 heteroatoms. The van der Waals surface area contributed by atoms with Gasteiger partial charge in [-0.05, 0) is 12.1 Å². The zero-order chi connectivity index (χ0) is 16.4. The normalized spacial score (nSPS) is 10.7. The van der Waals surface area contributed by atoms with Crippen molar-refractivity contribution in [3.63, 3.8) is 0 Å². The van der Waals surface area contributed by atoms with Crippen LogP contribution in [0.25, 0.3) is 28.2 Å². The monoisotopic (exact) mass is 330 g/mol. The average molecular weight is 331 g/mol. The Morgan fingerprint density at radius 3 is 1.71 bits per heavy atom. The van der Waals surface area contributed by atoms with Crippen LogP contribution >= 0.6 is 11.6 Å². The van der Waals surface area contributed by atoms with Gasteiger partial charge in [0.05, 0.1) is 16.4 Å². The Bertz CT molecular complexity index is 945. The first kappa shape index (κ1) is 14.7. The molecule has 116 valence electrons. The number of rotatable bonds is 3. The number of benzene rings is 3. The summed E-state index contributed by atoms with van der Waals surface area (Å²) in [6, 6.07) is 30.2. The molecule has 1 aromatic heterocycles. The van der Waals surface area contributed by atoms with Crippen molar-refractivity contribution in [2.24, 2.45) is 0 Å². The fraction of sp³-hybridized carbons (Fsp3) is 0. The Hall–Kier alpha value is -2.84. The van der Waals surface area contributed by atoms with Crippen molar-refractivity contribution in [2.45, 2.75) is 0 Å². The van der Waals surface area contributed by atoms with E-state index in [2.05, 4.69) is 12.1 Å². The van der Waals surface area contributed by atoms with Gasteiger partial charge in [-0.3, -0.25) is 0 Å². The maximum Gasteiger partial charge on any atom is 0.112 e. The Morgan fingerprint density at radius 1 is 0.625 bits per heavy atom. The van der Waals surface area contributed by atoms with Crippen LogP contribution in [0, 0.1) is 0 Å². The largest absolute Gasteiger partial charge is 0.231 e. The molecule has 4 aromatic rings. The molecule has 0 atom stereocenters. The highest BCUT2D eigenvalue weighted by Crippen LogP contribution is 2.37. The van der Waals surface area contributed by atoms with Gasteiger partial charge in [0.1, 0.15) is 5.69 Å². The highest BCUT2D eigenvalue weighted by atomic mass is 35.5. The first-order valence-electron chi connectivity index (χ1n) is 7.79. The molecule has 0 aliphatic heterocycles. The van der Waals surface area contributed by atoms with Gasteiger partial charge in [0, 0.05) is 11.1 Å². The quantitative estimate of drug-likeness (QED) is 0.460. The molecular formula is C21H15ClN2. The van der Waals surface area contributed by atoms with Gasteiger partial charge in [-0.2, -0.15) is 5.10 Å². The first-order valence-corrected chi connectivity index (χ1v) is 8.17. The minimum absolute atomic E-state index is 0.663. The molecule has 1 heterocycles. The van der Waals surface area contributed by atoms with Gasteiger partial charge in [0.2, 0.25) is 0 Å². The van der Waals surface area contributed by atoms with Crippen LogP contribution in [0.4, 0.5) is 0 Å². The molecule has 4 rings (SSSR count). The minimum Gasteiger partial charge on any atom is -0.231 e. The molecule has 0 saturated carbocycles. The molecular weight excluding hydrogens is 316 g/mol. The van der Waals surface area contributed by atoms with Crippen molar-refractivity contribution in [3.8, 4) is 28.2 Å². The predicted molar refractivity (Wildman–Crippen MR) is 99.4 cm³/mol. The van der Waals surface area contributed by atoms with Crippen molar-refractivity contribution in [1.29, 1.82) is 0 Å². The smallest absolute Gasteiger partial charge is 0.112 e. The molecule has 0 N–H and O–H groups in total. The van der Waals surface area contributed by atoms with E-state index in [9.17, 15) is 0 Å². The molecule has 0 saturated heterocycles. The van der Waals surface area contributed by atoms with Crippen molar-refractivity contribution < 1.29 is 0 Å². The van der Waals surface area contributed by atoms with Gasteiger partial charge >= 0.3 is 0 Å². The molecule has 0 fully saturated rings. The molecule has 0 aliphatic carbocycles. The van der Waals surface area contributed by atoms with Gasteiger partial charge in [-0.25, -0.2) is 4.68 Å². The van der Waals surface area contributed by atoms with Gasteiger partial charge < -0.3 is 0 Å². The van der Waals surface area contributed by atoms with Crippen LogP contribution in [0.3, 0.4) is 0 Å². The highest BCUT2D eigenvalue weighted by molar-refractivity contribution is 6.35. The summed E-state index contributed by atoms with van der Waals surface area (Å²) >= 11 is 6.77. The average Bonchev–Trinajstić information content (AvgIpc) is 3.01. The van der Waals surface area contributed by atoms with Crippen LogP contribution in [0.2, 0.25) is 5.02 Å². The lowest BCUT2D eigenvalue weighted by atomic mass is 10.1. The molecule has 0 aliphatic rings. The summed E-state index contributed by atoms with van der Waals surface area (Å²) < 4.78 is 1.92. The predicted octanol–water partition coefficient (Wildman–Crippen LogP) is 5.86. The first-order chi connectivity index (χ1) is 11.8. The van der Waals surface area contributed by atoms with E-state index < -0.39 is 0 Å². The number of hydrogen-bond donors (Lipinski definition) is 0. The van der Waals surface area contributed by atoms with E-state index in [0.717, 1.165) is 28.2 Å². The second-order valence-electron chi connectivity index (χ2n) is 5.49. The third kappa shape index (κ3) is 2.61. The van der Waals surface area contributed by atoms with Crippen LogP contribution in [0.15, 0.2) is 91.0 Å². The Labute approximate surface area is 146 Å². The Morgan fingerprint density at radius 2 is 1.12 bits per heavy atom. The minimum atomic E-state index is 0.663. The van der Waals surface area contributed by atoms with Gasteiger partial charge in [-0.1, -0.05) is 90.5 Å². The molecule has 0 bridgehead atoms. The Kier molecular flexibility index (Phi) is 3.89. The third-order valence-corrected chi connectivity index (χ3v) is 4.28. The summed E-state index contributed by atoms with van der Waals surface area (Å²) in [6.45, 7) is 0. The standard InChI is InChI=1S/C21H15ClN2/c22-19-20(16-10-4-1-5-11-16)23-24(18-14-8-3-9-15-18)21(19)17-12-6-2-7-13-17/h1-15H. The van der Waals surface area contributed by atoms with Crippen LogP contribution in [0.1, 0.15) is 0 Å². The number of halogens is 1. The lowest BCUT2D eigenvalue weighted by Crippen LogP contribution is -1.98. The summed E-state index contributed by atoms with van der Waals surface area (Å²) in [4.78, 5) is 0. The number of hydrogen-bond acceptors (Lipinski definition) is 1. The Balaban J connectivity index is 1.99. The zero-order valence-corrected chi connectivity index (χ0v) is 13.7. The van der Waals surface area contributed by atoms with Crippen LogP contribution in [0.5, 0.6) is 0 Å². The second kappa shape index (κ2) is 6.34. The van der Waals surface area contributed by atoms with E-state index in [4.69, 9.17) is 16.7 Å². The SMILES string of the molecule is Clc1c(-c2ccccc2)nn(-c2ccccc2)c1-c1ccccc1. The lowest BCUT2D eigenvalue weighted by molar-refractivity contribution is 0.892. The highest BCUT2D eigenvalue weighted by Gasteiger charge is 2.19. The fourth-order valence-electron chi connectivity index (χ4n) is 2.78. The summed E-state index contributed by atoms with van der Waals surface area (Å²) in [5.74, 6) is 0. The van der Waals surface area contributed by atoms with E-state index in [1.54, 1.807) is 0 Å². The van der Waals surface area contributed by atoms with Crippen LogP contribution < -0.4 is 0 Å². The van der Waals surface area contributed by atoms with Crippen LogP contribution in [-0.4, -0.2) is 9.78 Å². The number of aromatic nitrogens is 2. The molecule has 24 heavy (non-hydrogen) atoms. The van der Waals surface area contributed by atoms with Gasteiger partial charge in [0.25, 0.3) is 0 Å². The maximum atomic E-state index is 6.77. The van der Waals surface area contributed by atoms with Crippen molar-refractivity contribution in [2.75, 3.05) is 0 Å². The summed E-state index contributed by atoms with van der Waals surface area (Å²) in [6.07, 6.45) is 0. The maximum absolute atomic E-state index is 6.77. The second-order valence-corrected chi connectivity index (χ2v) is 5.87. The molecule has 0 spiro atoms. The number of para-hydroxylation sites is 1. The summed E-state index contributed by atoms with van der Waals surface area (Å²) in [5, 5.41) is 5.47. The van der Waals surface area contributed by atoms with Gasteiger partial charge in [0.15, 0.2) is 0 Å². The molecule has 0 unspecified atom stereocenters. The number of nitrogens with zero attached hydrogens (tertiary/aromatic N) is 2. The molecule has 0 radical (unpaired) electrons. The zero-order valence-electron chi connectivity index (χ0n) is 12.9. The third-order valence-electron chi connectivity index (χ3n) is 3.92.